The molecule has 8 atom stereocenters. The highest BCUT2D eigenvalue weighted by Crippen LogP contribution is 2.82. The number of Topliss-reactive ketones (excluding diaryl/α,β-unsaturated/α-hetero) is 1. The van der Waals surface area contributed by atoms with E-state index in [4.69, 9.17) is 0 Å². The van der Waals surface area contributed by atoms with Crippen LogP contribution in [0.15, 0.2) is 12.2 Å². The molecule has 5 aliphatic carbocycles. The second-order valence-electron chi connectivity index (χ2n) is 5.80. The second kappa shape index (κ2) is 1.34. The van der Waals surface area contributed by atoms with Crippen LogP contribution in [0.3, 0.4) is 0 Å². The standard InChI is InChI=1S/C12H12O/c1-3-6-4-2-5-9-8(4)7(3)11(9)12(13)10(5)6/h4-11H,1-2H2. The molecule has 0 aliphatic heterocycles. The van der Waals surface area contributed by atoms with Crippen molar-refractivity contribution in [3.63, 3.8) is 0 Å². The number of ketones is 1. The van der Waals surface area contributed by atoms with Crippen LogP contribution in [-0.2, 0) is 4.79 Å². The van der Waals surface area contributed by atoms with Crippen molar-refractivity contribution in [3.05, 3.63) is 12.2 Å². The van der Waals surface area contributed by atoms with Crippen LogP contribution < -0.4 is 0 Å². The number of carbonyl (C=O) groups excluding carboxylic acids is 1. The molecule has 1 heteroatoms. The molecule has 5 saturated carbocycles. The summed E-state index contributed by atoms with van der Waals surface area (Å²) in [5.41, 5.74) is 1.49. The predicted octanol–water partition coefficient (Wildman–Crippen LogP) is 1.50. The lowest BCUT2D eigenvalue weighted by molar-refractivity contribution is -0.130. The number of rotatable bonds is 0. The number of hydrogen-bond acceptors (Lipinski definition) is 1. The normalized spacial score (nSPS) is 74.2. The smallest absolute Gasteiger partial charge is 0.140 e. The molecule has 0 amide bonds. The van der Waals surface area contributed by atoms with E-state index < -0.39 is 0 Å². The van der Waals surface area contributed by atoms with Gasteiger partial charge in [0.2, 0.25) is 0 Å². The number of carbonyl (C=O) groups is 1. The van der Waals surface area contributed by atoms with E-state index in [1.165, 1.54) is 12.0 Å². The topological polar surface area (TPSA) is 17.1 Å². The fourth-order valence-corrected chi connectivity index (χ4v) is 6.03. The van der Waals surface area contributed by atoms with Gasteiger partial charge in [-0.1, -0.05) is 12.2 Å². The van der Waals surface area contributed by atoms with E-state index in [9.17, 15) is 4.79 Å². The molecule has 8 unspecified atom stereocenters. The van der Waals surface area contributed by atoms with Crippen LogP contribution in [0.4, 0.5) is 0 Å². The van der Waals surface area contributed by atoms with Crippen molar-refractivity contribution in [3.8, 4) is 0 Å². The van der Waals surface area contributed by atoms with Crippen LogP contribution in [0.25, 0.3) is 0 Å². The van der Waals surface area contributed by atoms with Crippen molar-refractivity contribution in [2.75, 3.05) is 0 Å². The molecule has 1 nitrogen and oxygen atoms in total. The molecule has 0 aromatic heterocycles. The SMILES string of the molecule is C=C1C2C3CC4C2C(=O)C2C1C3C42. The van der Waals surface area contributed by atoms with E-state index in [1.54, 1.807) is 0 Å². The largest absolute Gasteiger partial charge is 0.299 e. The number of allylic oxidation sites excluding steroid dienone is 1. The third-order valence-electron chi connectivity index (χ3n) is 6.02. The van der Waals surface area contributed by atoms with Crippen molar-refractivity contribution >= 4 is 5.78 Å². The van der Waals surface area contributed by atoms with E-state index in [2.05, 4.69) is 6.58 Å². The van der Waals surface area contributed by atoms with E-state index in [-0.39, 0.29) is 0 Å². The van der Waals surface area contributed by atoms with Gasteiger partial charge < -0.3 is 0 Å². The van der Waals surface area contributed by atoms with Gasteiger partial charge in [0.15, 0.2) is 0 Å². The number of hydrogen-bond donors (Lipinski definition) is 0. The summed E-state index contributed by atoms with van der Waals surface area (Å²) in [5, 5.41) is 0. The Balaban J connectivity index is 1.92. The summed E-state index contributed by atoms with van der Waals surface area (Å²) >= 11 is 0. The molecule has 0 heterocycles. The van der Waals surface area contributed by atoms with Gasteiger partial charge in [-0.15, -0.1) is 0 Å². The molecular weight excluding hydrogens is 160 g/mol. The summed E-state index contributed by atoms with van der Waals surface area (Å²) in [6.45, 7) is 4.26. The maximum atomic E-state index is 12.0. The van der Waals surface area contributed by atoms with Crippen molar-refractivity contribution < 1.29 is 4.79 Å². The molecule has 0 spiro atoms. The van der Waals surface area contributed by atoms with Crippen LogP contribution in [0, 0.1) is 47.3 Å². The maximum Gasteiger partial charge on any atom is 0.140 e. The van der Waals surface area contributed by atoms with Crippen LogP contribution >= 0.6 is 0 Å². The Hall–Kier alpha value is -0.590. The third-order valence-corrected chi connectivity index (χ3v) is 6.02. The third kappa shape index (κ3) is 0.329. The highest BCUT2D eigenvalue weighted by molar-refractivity contribution is 5.92. The molecule has 2 bridgehead atoms. The monoisotopic (exact) mass is 172 g/mol. The summed E-state index contributed by atoms with van der Waals surface area (Å²) in [5.74, 6) is 6.37. The van der Waals surface area contributed by atoms with Crippen LogP contribution in [0.2, 0.25) is 0 Å². The molecule has 66 valence electrons. The van der Waals surface area contributed by atoms with Gasteiger partial charge in [-0.2, -0.15) is 0 Å². The molecular formula is C12H12O. The Morgan fingerprint density at radius 2 is 1.69 bits per heavy atom. The van der Waals surface area contributed by atoms with Crippen molar-refractivity contribution in [1.82, 2.24) is 0 Å². The first kappa shape index (κ1) is 6.00. The Morgan fingerprint density at radius 3 is 2.54 bits per heavy atom. The minimum atomic E-state index is 0.461. The predicted molar refractivity (Wildman–Crippen MR) is 46.7 cm³/mol. The molecule has 5 aliphatic rings. The van der Waals surface area contributed by atoms with Gasteiger partial charge in [-0.25, -0.2) is 0 Å². The first-order valence-electron chi connectivity index (χ1n) is 5.53. The lowest BCUT2D eigenvalue weighted by atomic mass is 9.59. The first-order chi connectivity index (χ1) is 6.30. The Bertz CT molecular complexity index is 343. The Morgan fingerprint density at radius 1 is 1.00 bits per heavy atom. The van der Waals surface area contributed by atoms with Gasteiger partial charge in [0, 0.05) is 11.8 Å². The van der Waals surface area contributed by atoms with Crippen molar-refractivity contribution in [2.24, 2.45) is 47.3 Å². The number of fused-ring (bicyclic) bond motifs is 2. The van der Waals surface area contributed by atoms with Gasteiger partial charge in [-0.3, -0.25) is 4.79 Å². The molecule has 5 fully saturated rings. The van der Waals surface area contributed by atoms with Crippen molar-refractivity contribution in [2.45, 2.75) is 6.42 Å². The highest BCUT2D eigenvalue weighted by Gasteiger charge is 2.81. The molecule has 0 radical (unpaired) electrons. The van der Waals surface area contributed by atoms with E-state index in [0.29, 0.717) is 29.5 Å². The highest BCUT2D eigenvalue weighted by atomic mass is 16.1. The van der Waals surface area contributed by atoms with Gasteiger partial charge in [-0.05, 0) is 41.9 Å². The van der Waals surface area contributed by atoms with Gasteiger partial charge in [0.1, 0.15) is 5.78 Å². The fourth-order valence-electron chi connectivity index (χ4n) is 6.03. The molecule has 5 rings (SSSR count). The fraction of sp³-hybridized carbons (Fsp3) is 0.750. The van der Waals surface area contributed by atoms with Crippen LogP contribution in [0.5, 0.6) is 0 Å². The lowest BCUT2D eigenvalue weighted by Crippen LogP contribution is -2.44. The summed E-state index contributed by atoms with van der Waals surface area (Å²) in [4.78, 5) is 12.0. The first-order valence-corrected chi connectivity index (χ1v) is 5.53. The average Bonchev–Trinajstić information content (AvgIpc) is 2.52. The molecule has 0 N–H and O–H groups in total. The lowest BCUT2D eigenvalue weighted by Gasteiger charge is -2.44. The van der Waals surface area contributed by atoms with E-state index in [0.717, 1.165) is 23.7 Å². The zero-order valence-electron chi connectivity index (χ0n) is 7.44. The summed E-state index contributed by atoms with van der Waals surface area (Å²) in [6, 6.07) is 0. The second-order valence-corrected chi connectivity index (χ2v) is 5.80. The molecule has 0 aromatic rings. The summed E-state index contributed by atoms with van der Waals surface area (Å²) in [6.07, 6.45) is 1.38. The Kier molecular flexibility index (Phi) is 0.617. The zero-order valence-corrected chi connectivity index (χ0v) is 7.44. The zero-order chi connectivity index (χ0) is 8.48. The Labute approximate surface area is 77.2 Å². The maximum absolute atomic E-state index is 12.0. The molecule has 13 heavy (non-hydrogen) atoms. The van der Waals surface area contributed by atoms with E-state index in [1.807, 2.05) is 0 Å². The average molecular weight is 172 g/mol. The van der Waals surface area contributed by atoms with Crippen LogP contribution in [0.1, 0.15) is 6.42 Å². The molecule has 0 aromatic carbocycles. The van der Waals surface area contributed by atoms with Gasteiger partial charge in [0.05, 0.1) is 0 Å². The minimum Gasteiger partial charge on any atom is -0.299 e. The van der Waals surface area contributed by atoms with Crippen molar-refractivity contribution in [1.29, 1.82) is 0 Å². The van der Waals surface area contributed by atoms with Gasteiger partial charge in [0.25, 0.3) is 0 Å². The summed E-state index contributed by atoms with van der Waals surface area (Å²) < 4.78 is 0. The quantitative estimate of drug-likeness (QED) is 0.506. The van der Waals surface area contributed by atoms with Gasteiger partial charge >= 0.3 is 0 Å². The summed E-state index contributed by atoms with van der Waals surface area (Å²) in [7, 11) is 0. The minimum absolute atomic E-state index is 0.461. The molecule has 0 saturated heterocycles. The van der Waals surface area contributed by atoms with Crippen LogP contribution in [-0.4, -0.2) is 5.78 Å². The van der Waals surface area contributed by atoms with E-state index >= 15 is 0 Å².